The van der Waals surface area contributed by atoms with Crippen LogP contribution in [-0.4, -0.2) is 36.1 Å². The molecule has 1 unspecified atom stereocenters. The highest BCUT2D eigenvalue weighted by atomic mass is 79.9. The molecule has 94 valence electrons. The van der Waals surface area contributed by atoms with Crippen molar-refractivity contribution < 1.29 is 0 Å². The molecule has 2 rings (SSSR count). The summed E-state index contributed by atoms with van der Waals surface area (Å²) in [5, 5.41) is 3.46. The Kier molecular flexibility index (Phi) is 4.74. The van der Waals surface area contributed by atoms with E-state index >= 15 is 0 Å². The van der Waals surface area contributed by atoms with E-state index < -0.39 is 0 Å². The van der Waals surface area contributed by atoms with Crippen LogP contribution in [0.5, 0.6) is 0 Å². The maximum absolute atomic E-state index is 4.36. The fourth-order valence-corrected chi connectivity index (χ4v) is 2.77. The topological polar surface area (TPSA) is 41.0 Å². The highest BCUT2D eigenvalue weighted by Crippen LogP contribution is 2.23. The SMILES string of the molecule is CCN(CC1CCCNC1)c1ncncc1Br. The Morgan fingerprint density at radius 2 is 2.47 bits per heavy atom. The molecule has 17 heavy (non-hydrogen) atoms. The molecular weight excluding hydrogens is 280 g/mol. The second-order valence-corrected chi connectivity index (χ2v) is 5.30. The van der Waals surface area contributed by atoms with Crippen LogP contribution in [0.4, 0.5) is 5.82 Å². The Bertz CT molecular complexity index is 352. The molecule has 1 aromatic heterocycles. The van der Waals surface area contributed by atoms with Crippen molar-refractivity contribution in [1.29, 1.82) is 0 Å². The molecule has 1 aromatic rings. The third-order valence-corrected chi connectivity index (χ3v) is 3.77. The van der Waals surface area contributed by atoms with Crippen LogP contribution in [0.25, 0.3) is 0 Å². The molecule has 0 radical (unpaired) electrons. The molecule has 0 amide bonds. The summed E-state index contributed by atoms with van der Waals surface area (Å²) in [5.74, 6) is 1.73. The number of nitrogens with zero attached hydrogens (tertiary/aromatic N) is 3. The van der Waals surface area contributed by atoms with Gasteiger partial charge in [-0.1, -0.05) is 0 Å². The van der Waals surface area contributed by atoms with Crippen molar-refractivity contribution in [3.63, 3.8) is 0 Å². The Hall–Kier alpha value is -0.680. The minimum atomic E-state index is 0.727. The molecule has 2 heterocycles. The monoisotopic (exact) mass is 298 g/mol. The van der Waals surface area contributed by atoms with Gasteiger partial charge < -0.3 is 10.2 Å². The third kappa shape index (κ3) is 3.39. The molecule has 1 saturated heterocycles. The number of anilines is 1. The van der Waals surface area contributed by atoms with Gasteiger partial charge in [0.25, 0.3) is 0 Å². The van der Waals surface area contributed by atoms with E-state index in [-0.39, 0.29) is 0 Å². The van der Waals surface area contributed by atoms with Gasteiger partial charge in [0.1, 0.15) is 12.1 Å². The predicted octanol–water partition coefficient (Wildman–Crippen LogP) is 2.06. The number of nitrogens with one attached hydrogen (secondary N) is 1. The maximum atomic E-state index is 4.36. The van der Waals surface area contributed by atoms with Crippen molar-refractivity contribution in [3.05, 3.63) is 17.0 Å². The van der Waals surface area contributed by atoms with Crippen molar-refractivity contribution in [3.8, 4) is 0 Å². The number of halogens is 1. The van der Waals surface area contributed by atoms with Crippen LogP contribution >= 0.6 is 15.9 Å². The van der Waals surface area contributed by atoms with Crippen LogP contribution in [-0.2, 0) is 0 Å². The lowest BCUT2D eigenvalue weighted by Crippen LogP contribution is -2.38. The number of hydrogen-bond donors (Lipinski definition) is 1. The summed E-state index contributed by atoms with van der Waals surface area (Å²) < 4.78 is 0.977. The zero-order chi connectivity index (χ0) is 12.1. The molecule has 1 aliphatic rings. The number of aromatic nitrogens is 2. The number of piperidine rings is 1. The van der Waals surface area contributed by atoms with Gasteiger partial charge >= 0.3 is 0 Å². The van der Waals surface area contributed by atoms with Gasteiger partial charge in [-0.3, -0.25) is 0 Å². The van der Waals surface area contributed by atoms with Crippen LogP contribution in [0.1, 0.15) is 19.8 Å². The van der Waals surface area contributed by atoms with Crippen LogP contribution in [0.15, 0.2) is 17.0 Å². The predicted molar refractivity (Wildman–Crippen MR) is 73.2 cm³/mol. The zero-order valence-corrected chi connectivity index (χ0v) is 11.8. The highest BCUT2D eigenvalue weighted by molar-refractivity contribution is 9.10. The Morgan fingerprint density at radius 3 is 3.12 bits per heavy atom. The van der Waals surface area contributed by atoms with Gasteiger partial charge in [-0.2, -0.15) is 0 Å². The van der Waals surface area contributed by atoms with Gasteiger partial charge in [-0.05, 0) is 54.7 Å². The fourth-order valence-electron chi connectivity index (χ4n) is 2.30. The lowest BCUT2D eigenvalue weighted by atomic mass is 9.99. The van der Waals surface area contributed by atoms with Crippen molar-refractivity contribution in [2.24, 2.45) is 5.92 Å². The largest absolute Gasteiger partial charge is 0.356 e. The van der Waals surface area contributed by atoms with E-state index in [1.807, 2.05) is 6.20 Å². The van der Waals surface area contributed by atoms with Crippen molar-refractivity contribution >= 4 is 21.7 Å². The molecule has 0 aliphatic carbocycles. The highest BCUT2D eigenvalue weighted by Gasteiger charge is 2.18. The fraction of sp³-hybridized carbons (Fsp3) is 0.667. The lowest BCUT2D eigenvalue weighted by Gasteiger charge is -2.30. The second-order valence-electron chi connectivity index (χ2n) is 4.45. The maximum Gasteiger partial charge on any atom is 0.146 e. The first-order chi connectivity index (χ1) is 8.31. The van der Waals surface area contributed by atoms with Gasteiger partial charge in [0, 0.05) is 19.3 Å². The minimum absolute atomic E-state index is 0.727. The van der Waals surface area contributed by atoms with Gasteiger partial charge in [0.2, 0.25) is 0 Å². The van der Waals surface area contributed by atoms with Crippen molar-refractivity contribution in [2.75, 3.05) is 31.1 Å². The number of rotatable bonds is 4. The number of hydrogen-bond acceptors (Lipinski definition) is 4. The van der Waals surface area contributed by atoms with Gasteiger partial charge in [0.05, 0.1) is 4.47 Å². The van der Waals surface area contributed by atoms with Crippen LogP contribution < -0.4 is 10.2 Å². The Morgan fingerprint density at radius 1 is 1.59 bits per heavy atom. The molecule has 1 atom stereocenters. The van der Waals surface area contributed by atoms with Gasteiger partial charge in [-0.25, -0.2) is 9.97 Å². The molecule has 0 spiro atoms. The average Bonchev–Trinajstić information content (AvgIpc) is 2.38. The first-order valence-electron chi connectivity index (χ1n) is 6.22. The van der Waals surface area contributed by atoms with Crippen LogP contribution in [0, 0.1) is 5.92 Å². The molecular formula is C12H19BrN4. The van der Waals surface area contributed by atoms with Gasteiger partial charge in [0.15, 0.2) is 0 Å². The quantitative estimate of drug-likeness (QED) is 0.924. The first-order valence-corrected chi connectivity index (χ1v) is 7.01. The van der Waals surface area contributed by atoms with E-state index in [1.165, 1.54) is 19.4 Å². The second kappa shape index (κ2) is 6.31. The summed E-state index contributed by atoms with van der Waals surface area (Å²) >= 11 is 3.52. The summed E-state index contributed by atoms with van der Waals surface area (Å²) in [5.41, 5.74) is 0. The molecule has 1 aliphatic heterocycles. The molecule has 1 N–H and O–H groups in total. The van der Waals surface area contributed by atoms with E-state index in [9.17, 15) is 0 Å². The normalized spacial score (nSPS) is 20.2. The minimum Gasteiger partial charge on any atom is -0.356 e. The first kappa shape index (κ1) is 12.8. The molecule has 0 saturated carbocycles. The van der Waals surface area contributed by atoms with E-state index in [4.69, 9.17) is 0 Å². The summed E-state index contributed by atoms with van der Waals surface area (Å²) in [6.07, 6.45) is 6.02. The molecule has 1 fully saturated rings. The summed E-state index contributed by atoms with van der Waals surface area (Å²) in [6.45, 7) is 6.51. The lowest BCUT2D eigenvalue weighted by molar-refractivity contribution is 0.377. The smallest absolute Gasteiger partial charge is 0.146 e. The summed E-state index contributed by atoms with van der Waals surface area (Å²) in [7, 11) is 0. The van der Waals surface area contributed by atoms with E-state index in [2.05, 4.69) is 43.0 Å². The third-order valence-electron chi connectivity index (χ3n) is 3.21. The molecule has 4 nitrogen and oxygen atoms in total. The van der Waals surface area contributed by atoms with Crippen molar-refractivity contribution in [2.45, 2.75) is 19.8 Å². The van der Waals surface area contributed by atoms with E-state index in [1.54, 1.807) is 6.33 Å². The summed E-state index contributed by atoms with van der Waals surface area (Å²) in [4.78, 5) is 10.7. The Balaban J connectivity index is 2.03. The van der Waals surface area contributed by atoms with E-state index in [0.29, 0.717) is 0 Å². The molecule has 0 bridgehead atoms. The Labute approximate surface area is 111 Å². The van der Waals surface area contributed by atoms with Crippen LogP contribution in [0.2, 0.25) is 0 Å². The standard InChI is InChI=1S/C12H19BrN4/c1-2-17(8-10-4-3-5-14-6-10)12-11(13)7-15-9-16-12/h7,9-10,14H,2-6,8H2,1H3. The van der Waals surface area contributed by atoms with Crippen molar-refractivity contribution in [1.82, 2.24) is 15.3 Å². The van der Waals surface area contributed by atoms with E-state index in [0.717, 1.165) is 35.8 Å². The zero-order valence-electron chi connectivity index (χ0n) is 10.2. The molecule has 5 heteroatoms. The van der Waals surface area contributed by atoms with Crippen LogP contribution in [0.3, 0.4) is 0 Å². The summed E-state index contributed by atoms with van der Waals surface area (Å²) in [6, 6.07) is 0. The average molecular weight is 299 g/mol. The van der Waals surface area contributed by atoms with Gasteiger partial charge in [-0.15, -0.1) is 0 Å². The molecule has 0 aromatic carbocycles.